The van der Waals surface area contributed by atoms with E-state index in [1.807, 2.05) is 6.92 Å². The highest BCUT2D eigenvalue weighted by Gasteiger charge is 2.43. The van der Waals surface area contributed by atoms with E-state index in [-0.39, 0.29) is 39.4 Å². The third kappa shape index (κ3) is 4.56. The predicted molar refractivity (Wildman–Crippen MR) is 141 cm³/mol. The quantitative estimate of drug-likeness (QED) is 0.326. The van der Waals surface area contributed by atoms with Gasteiger partial charge in [-0.1, -0.05) is 42.1 Å². The Labute approximate surface area is 224 Å². The standard InChI is InChI=1S/C27H26ClFN4O4S/c1-16-6-8-19(9-7-16)38(36,37)33-15-21(20-12-18(28)13-31-25(20)33)24-30-14-22(29)23(32-24)11-17-5-3-4-10-27(17,2)26(34)35/h6-9,12-15,17H,3-5,10-11H2,1-2H3,(H,34,35)/t17-,27+/m1/s1. The Morgan fingerprint density at radius 3 is 2.66 bits per heavy atom. The van der Waals surface area contributed by atoms with Crippen LogP contribution in [0.4, 0.5) is 4.39 Å². The molecule has 38 heavy (non-hydrogen) atoms. The first-order valence-corrected chi connectivity index (χ1v) is 14.1. The number of aryl methyl sites for hydroxylation is 1. The largest absolute Gasteiger partial charge is 0.481 e. The van der Waals surface area contributed by atoms with Crippen LogP contribution in [-0.2, 0) is 21.2 Å². The molecular weight excluding hydrogens is 531 g/mol. The van der Waals surface area contributed by atoms with Crippen molar-refractivity contribution in [2.75, 3.05) is 0 Å². The number of aliphatic carboxylic acids is 1. The number of nitrogens with zero attached hydrogens (tertiary/aromatic N) is 4. The molecule has 1 aliphatic rings. The van der Waals surface area contributed by atoms with Crippen molar-refractivity contribution in [3.05, 3.63) is 71.0 Å². The lowest BCUT2D eigenvalue weighted by Gasteiger charge is -2.38. The van der Waals surface area contributed by atoms with Crippen LogP contribution in [-0.4, -0.2) is 38.4 Å². The van der Waals surface area contributed by atoms with E-state index in [1.54, 1.807) is 25.1 Å². The van der Waals surface area contributed by atoms with Crippen molar-refractivity contribution in [2.45, 2.75) is 50.8 Å². The lowest BCUT2D eigenvalue weighted by Crippen LogP contribution is -2.39. The van der Waals surface area contributed by atoms with Gasteiger partial charge in [-0.25, -0.2) is 31.7 Å². The minimum absolute atomic E-state index is 0.0780. The van der Waals surface area contributed by atoms with Crippen molar-refractivity contribution in [3.8, 4) is 11.4 Å². The molecule has 0 bridgehead atoms. The van der Waals surface area contributed by atoms with Crippen molar-refractivity contribution < 1.29 is 22.7 Å². The molecule has 0 amide bonds. The SMILES string of the molecule is Cc1ccc(S(=O)(=O)n2cc(-c3ncc(F)c(C[C@H]4CCCC[C@]4(C)C(=O)O)n3)c3cc(Cl)cnc32)cc1. The molecule has 0 aliphatic heterocycles. The highest BCUT2D eigenvalue weighted by Crippen LogP contribution is 2.43. The van der Waals surface area contributed by atoms with Gasteiger partial charge in [0.1, 0.15) is 0 Å². The molecule has 1 aliphatic carbocycles. The molecule has 4 aromatic rings. The number of pyridine rings is 1. The van der Waals surface area contributed by atoms with Crippen LogP contribution in [0.15, 0.2) is 53.8 Å². The van der Waals surface area contributed by atoms with Crippen LogP contribution in [0.2, 0.25) is 5.02 Å². The van der Waals surface area contributed by atoms with E-state index in [2.05, 4.69) is 15.0 Å². The molecule has 1 aromatic carbocycles. The molecule has 3 aromatic heterocycles. The van der Waals surface area contributed by atoms with Gasteiger partial charge in [0, 0.05) is 23.3 Å². The molecule has 11 heteroatoms. The second-order valence-corrected chi connectivity index (χ2v) is 12.3. The number of carboxylic acids is 1. The number of rotatable bonds is 6. The van der Waals surface area contributed by atoms with Crippen molar-refractivity contribution in [1.82, 2.24) is 18.9 Å². The first-order chi connectivity index (χ1) is 18.0. The van der Waals surface area contributed by atoms with Crippen LogP contribution >= 0.6 is 11.6 Å². The smallest absolute Gasteiger partial charge is 0.309 e. The molecule has 198 valence electrons. The Bertz CT molecular complexity index is 1660. The van der Waals surface area contributed by atoms with Crippen LogP contribution in [0.5, 0.6) is 0 Å². The maximum absolute atomic E-state index is 14.9. The second kappa shape index (κ2) is 9.74. The molecule has 0 spiro atoms. The topological polar surface area (TPSA) is 115 Å². The summed E-state index contributed by atoms with van der Waals surface area (Å²) in [4.78, 5) is 25.0. The van der Waals surface area contributed by atoms with Gasteiger partial charge in [0.15, 0.2) is 17.3 Å². The lowest BCUT2D eigenvalue weighted by molar-refractivity contribution is -0.153. The van der Waals surface area contributed by atoms with E-state index in [0.717, 1.165) is 28.6 Å². The number of carbonyl (C=O) groups is 1. The fraction of sp³-hybridized carbons (Fsp3) is 0.333. The van der Waals surface area contributed by atoms with E-state index in [4.69, 9.17) is 11.6 Å². The van der Waals surface area contributed by atoms with Gasteiger partial charge in [0.05, 0.1) is 27.2 Å². The molecule has 1 N–H and O–H groups in total. The first-order valence-electron chi connectivity index (χ1n) is 12.2. The van der Waals surface area contributed by atoms with Crippen LogP contribution in [0, 0.1) is 24.1 Å². The summed E-state index contributed by atoms with van der Waals surface area (Å²) >= 11 is 6.20. The Hall–Kier alpha value is -3.37. The van der Waals surface area contributed by atoms with Gasteiger partial charge < -0.3 is 5.11 Å². The van der Waals surface area contributed by atoms with Gasteiger partial charge in [0.25, 0.3) is 10.0 Å². The average molecular weight is 557 g/mol. The highest BCUT2D eigenvalue weighted by atomic mass is 35.5. The molecule has 0 saturated heterocycles. The van der Waals surface area contributed by atoms with E-state index in [1.165, 1.54) is 24.5 Å². The Balaban J connectivity index is 1.62. The van der Waals surface area contributed by atoms with Gasteiger partial charge in [-0.05, 0) is 57.2 Å². The number of carboxylic acid groups (broad SMARTS) is 1. The number of hydrogen-bond donors (Lipinski definition) is 1. The number of benzene rings is 1. The summed E-state index contributed by atoms with van der Waals surface area (Å²) in [6.45, 7) is 3.56. The molecule has 8 nitrogen and oxygen atoms in total. The van der Waals surface area contributed by atoms with Crippen LogP contribution in [0.25, 0.3) is 22.4 Å². The third-order valence-corrected chi connectivity index (χ3v) is 9.41. The first kappa shape index (κ1) is 26.2. The summed E-state index contributed by atoms with van der Waals surface area (Å²) in [7, 11) is -4.03. The van der Waals surface area contributed by atoms with E-state index < -0.39 is 27.2 Å². The van der Waals surface area contributed by atoms with Gasteiger partial charge in [-0.15, -0.1) is 0 Å². The predicted octanol–water partition coefficient (Wildman–Crippen LogP) is 5.65. The van der Waals surface area contributed by atoms with E-state index in [0.29, 0.717) is 23.8 Å². The van der Waals surface area contributed by atoms with Gasteiger partial charge >= 0.3 is 5.97 Å². The van der Waals surface area contributed by atoms with Crippen LogP contribution in [0.3, 0.4) is 0 Å². The zero-order chi connectivity index (χ0) is 27.2. The second-order valence-electron chi connectivity index (χ2n) is 10.0. The maximum Gasteiger partial charge on any atom is 0.309 e. The minimum atomic E-state index is -4.03. The zero-order valence-corrected chi connectivity index (χ0v) is 22.4. The van der Waals surface area contributed by atoms with Crippen LogP contribution in [0.1, 0.15) is 43.9 Å². The molecule has 1 saturated carbocycles. The fourth-order valence-electron chi connectivity index (χ4n) is 5.16. The van der Waals surface area contributed by atoms with Gasteiger partial charge in [0.2, 0.25) is 0 Å². The van der Waals surface area contributed by atoms with Crippen molar-refractivity contribution in [3.63, 3.8) is 0 Å². The number of aromatic nitrogens is 4. The average Bonchev–Trinajstić information content (AvgIpc) is 3.26. The van der Waals surface area contributed by atoms with Gasteiger partial charge in [-0.2, -0.15) is 0 Å². The molecule has 3 heterocycles. The summed E-state index contributed by atoms with van der Waals surface area (Å²) in [5.74, 6) is -1.74. The summed E-state index contributed by atoms with van der Waals surface area (Å²) in [6, 6.07) is 8.00. The Kier molecular flexibility index (Phi) is 6.73. The van der Waals surface area contributed by atoms with Gasteiger partial charge in [-0.3, -0.25) is 4.79 Å². The summed E-state index contributed by atoms with van der Waals surface area (Å²) in [5, 5.41) is 10.5. The lowest BCUT2D eigenvalue weighted by atomic mass is 9.66. The zero-order valence-electron chi connectivity index (χ0n) is 20.9. The highest BCUT2D eigenvalue weighted by molar-refractivity contribution is 7.90. The summed E-state index contributed by atoms with van der Waals surface area (Å²) in [5.41, 5.74) is 0.468. The Morgan fingerprint density at radius 2 is 1.95 bits per heavy atom. The van der Waals surface area contributed by atoms with E-state index >= 15 is 0 Å². The minimum Gasteiger partial charge on any atom is -0.481 e. The third-order valence-electron chi connectivity index (χ3n) is 7.54. The van der Waals surface area contributed by atoms with Crippen molar-refractivity contribution >= 4 is 38.6 Å². The van der Waals surface area contributed by atoms with Crippen LogP contribution < -0.4 is 0 Å². The van der Waals surface area contributed by atoms with Crippen molar-refractivity contribution in [1.29, 1.82) is 0 Å². The number of hydrogen-bond acceptors (Lipinski definition) is 6. The monoisotopic (exact) mass is 556 g/mol. The fourth-order valence-corrected chi connectivity index (χ4v) is 6.64. The van der Waals surface area contributed by atoms with E-state index in [9.17, 15) is 22.7 Å². The maximum atomic E-state index is 14.9. The molecule has 0 unspecified atom stereocenters. The van der Waals surface area contributed by atoms with Crippen molar-refractivity contribution in [2.24, 2.45) is 11.3 Å². The molecule has 2 atom stereocenters. The number of fused-ring (bicyclic) bond motifs is 1. The molecule has 5 rings (SSSR count). The molecule has 0 radical (unpaired) electrons. The summed E-state index contributed by atoms with van der Waals surface area (Å²) in [6.07, 6.45) is 6.71. The normalized spacial score (nSPS) is 20.1. The Morgan fingerprint density at radius 1 is 1.21 bits per heavy atom. The molecular formula is C27H26ClFN4O4S. The molecule has 1 fully saturated rings. The summed E-state index contributed by atoms with van der Waals surface area (Å²) < 4.78 is 43.0. The number of halogens is 2.